The minimum atomic E-state index is 0.353. The van der Waals surface area contributed by atoms with Crippen LogP contribution in [0.2, 0.25) is 0 Å². The summed E-state index contributed by atoms with van der Waals surface area (Å²) in [5, 5.41) is 4.71. The number of fused-ring (bicyclic) bond motifs is 1. The van der Waals surface area contributed by atoms with E-state index in [0.717, 1.165) is 48.8 Å². The smallest absolute Gasteiger partial charge is 0.139 e. The summed E-state index contributed by atoms with van der Waals surface area (Å²) in [7, 11) is 0. The summed E-state index contributed by atoms with van der Waals surface area (Å²) in [5.41, 5.74) is 4.55. The first-order valence-corrected chi connectivity index (χ1v) is 9.37. The number of aryl methyl sites for hydroxylation is 2. The zero-order valence-corrected chi connectivity index (χ0v) is 15.7. The number of ether oxygens (including phenoxy) is 1. The highest BCUT2D eigenvalue weighted by molar-refractivity contribution is 5.92. The second-order valence-corrected chi connectivity index (χ2v) is 7.46. The molecule has 3 aromatic heterocycles. The lowest BCUT2D eigenvalue weighted by atomic mass is 10.0. The highest BCUT2D eigenvalue weighted by atomic mass is 16.5. The van der Waals surface area contributed by atoms with Crippen molar-refractivity contribution >= 4 is 22.4 Å². The lowest BCUT2D eigenvalue weighted by molar-refractivity contribution is -0.0370. The molecule has 0 radical (unpaired) electrons. The Bertz CT molecular complexity index is 912. The Morgan fingerprint density at radius 2 is 2.00 bits per heavy atom. The molecule has 0 spiro atoms. The third kappa shape index (κ3) is 3.19. The highest BCUT2D eigenvalue weighted by Gasteiger charge is 2.18. The quantitative estimate of drug-likeness (QED) is 0.703. The Kier molecular flexibility index (Phi) is 4.64. The predicted molar refractivity (Wildman–Crippen MR) is 105 cm³/mol. The summed E-state index contributed by atoms with van der Waals surface area (Å²) in [6.45, 7) is 9.28. The molecular weight excluding hydrogens is 324 g/mol. The van der Waals surface area contributed by atoms with E-state index in [0.29, 0.717) is 11.8 Å². The van der Waals surface area contributed by atoms with Crippen molar-refractivity contribution in [3.05, 3.63) is 48.0 Å². The van der Waals surface area contributed by atoms with Gasteiger partial charge in [-0.1, -0.05) is 13.8 Å². The van der Waals surface area contributed by atoms with Gasteiger partial charge in [0.1, 0.15) is 5.82 Å². The molecule has 136 valence electrons. The third-order valence-electron chi connectivity index (χ3n) is 5.16. The monoisotopic (exact) mass is 350 g/mol. The van der Waals surface area contributed by atoms with Crippen molar-refractivity contribution in [1.82, 2.24) is 14.5 Å². The molecule has 1 aliphatic rings. The van der Waals surface area contributed by atoms with Crippen LogP contribution in [0.4, 0.5) is 11.5 Å². The van der Waals surface area contributed by atoms with E-state index in [-0.39, 0.29) is 0 Å². The molecule has 0 saturated carbocycles. The second kappa shape index (κ2) is 7.08. The van der Waals surface area contributed by atoms with Crippen LogP contribution in [-0.4, -0.2) is 27.7 Å². The number of nitrogens with one attached hydrogen (secondary N) is 1. The molecule has 0 aliphatic carbocycles. The van der Waals surface area contributed by atoms with Crippen molar-refractivity contribution in [3.8, 4) is 0 Å². The van der Waals surface area contributed by atoms with Gasteiger partial charge in [0.05, 0.1) is 30.1 Å². The van der Waals surface area contributed by atoms with Gasteiger partial charge in [0, 0.05) is 36.4 Å². The molecule has 3 aromatic rings. The van der Waals surface area contributed by atoms with E-state index >= 15 is 0 Å². The molecule has 0 aromatic carbocycles. The van der Waals surface area contributed by atoms with Gasteiger partial charge in [0.15, 0.2) is 0 Å². The molecular formula is C21H26N4O. The summed E-state index contributed by atoms with van der Waals surface area (Å²) in [6, 6.07) is 6.29. The van der Waals surface area contributed by atoms with Gasteiger partial charge in [-0.15, -0.1) is 0 Å². The van der Waals surface area contributed by atoms with Crippen molar-refractivity contribution in [2.45, 2.75) is 39.7 Å². The van der Waals surface area contributed by atoms with E-state index in [1.807, 2.05) is 18.5 Å². The zero-order chi connectivity index (χ0) is 18.1. The molecule has 1 fully saturated rings. The number of pyridine rings is 2. The SMILES string of the molecule is Cc1ccnc(C(C)C)c1Nc1nccc2c1ccn2CCC1COC1. The topological polar surface area (TPSA) is 52.0 Å². The zero-order valence-electron chi connectivity index (χ0n) is 15.7. The Labute approximate surface area is 154 Å². The van der Waals surface area contributed by atoms with Gasteiger partial charge in [0.25, 0.3) is 0 Å². The third-order valence-corrected chi connectivity index (χ3v) is 5.16. The van der Waals surface area contributed by atoms with Crippen LogP contribution in [0, 0.1) is 12.8 Å². The van der Waals surface area contributed by atoms with Crippen LogP contribution in [0.1, 0.15) is 37.4 Å². The minimum Gasteiger partial charge on any atom is -0.381 e. The number of hydrogen-bond acceptors (Lipinski definition) is 4. The fraction of sp³-hybridized carbons (Fsp3) is 0.429. The molecule has 1 aliphatic heterocycles. The minimum absolute atomic E-state index is 0.353. The van der Waals surface area contributed by atoms with Crippen molar-refractivity contribution in [1.29, 1.82) is 0 Å². The standard InChI is InChI=1S/C21H26N4O/c1-14(2)19-20(15(3)4-8-22-19)24-21-17-7-11-25(18(17)5-9-23-21)10-6-16-12-26-13-16/h4-5,7-9,11,14,16H,6,10,12-13H2,1-3H3,(H,23,24). The maximum Gasteiger partial charge on any atom is 0.139 e. The van der Waals surface area contributed by atoms with Crippen LogP contribution in [0.25, 0.3) is 10.9 Å². The fourth-order valence-electron chi connectivity index (χ4n) is 3.49. The molecule has 5 heteroatoms. The molecule has 0 amide bonds. The average molecular weight is 350 g/mol. The molecule has 4 heterocycles. The summed E-state index contributed by atoms with van der Waals surface area (Å²) in [6.07, 6.45) is 7.09. The first-order chi connectivity index (χ1) is 12.6. The highest BCUT2D eigenvalue weighted by Crippen LogP contribution is 2.31. The molecule has 0 bridgehead atoms. The van der Waals surface area contributed by atoms with Gasteiger partial charge >= 0.3 is 0 Å². The number of anilines is 2. The van der Waals surface area contributed by atoms with Gasteiger partial charge < -0.3 is 14.6 Å². The Morgan fingerprint density at radius 1 is 1.19 bits per heavy atom. The number of hydrogen-bond donors (Lipinski definition) is 1. The van der Waals surface area contributed by atoms with Crippen LogP contribution in [0.3, 0.4) is 0 Å². The maximum atomic E-state index is 5.28. The van der Waals surface area contributed by atoms with Crippen molar-refractivity contribution in [3.63, 3.8) is 0 Å². The van der Waals surface area contributed by atoms with E-state index in [1.54, 1.807) is 0 Å². The van der Waals surface area contributed by atoms with Crippen LogP contribution in [0.5, 0.6) is 0 Å². The summed E-state index contributed by atoms with van der Waals surface area (Å²) in [5.74, 6) is 1.95. The van der Waals surface area contributed by atoms with Gasteiger partial charge in [0.2, 0.25) is 0 Å². The second-order valence-electron chi connectivity index (χ2n) is 7.46. The lowest BCUT2D eigenvalue weighted by Gasteiger charge is -2.26. The van der Waals surface area contributed by atoms with E-state index in [9.17, 15) is 0 Å². The summed E-state index contributed by atoms with van der Waals surface area (Å²) < 4.78 is 7.60. The van der Waals surface area contributed by atoms with E-state index in [1.165, 1.54) is 11.1 Å². The van der Waals surface area contributed by atoms with Gasteiger partial charge in [-0.05, 0) is 43.0 Å². The number of aromatic nitrogens is 3. The molecule has 1 N–H and O–H groups in total. The van der Waals surface area contributed by atoms with E-state index in [4.69, 9.17) is 4.74 Å². The fourth-order valence-corrected chi connectivity index (χ4v) is 3.49. The largest absolute Gasteiger partial charge is 0.381 e. The number of rotatable bonds is 6. The Balaban J connectivity index is 1.64. The van der Waals surface area contributed by atoms with Gasteiger partial charge in [-0.3, -0.25) is 4.98 Å². The first-order valence-electron chi connectivity index (χ1n) is 9.37. The van der Waals surface area contributed by atoms with Gasteiger partial charge in [-0.2, -0.15) is 0 Å². The van der Waals surface area contributed by atoms with Crippen molar-refractivity contribution in [2.24, 2.45) is 5.92 Å². The lowest BCUT2D eigenvalue weighted by Crippen LogP contribution is -2.28. The van der Waals surface area contributed by atoms with Crippen molar-refractivity contribution in [2.75, 3.05) is 18.5 Å². The van der Waals surface area contributed by atoms with E-state index in [2.05, 4.69) is 59.0 Å². The molecule has 1 saturated heterocycles. The molecule has 0 unspecified atom stereocenters. The van der Waals surface area contributed by atoms with E-state index < -0.39 is 0 Å². The number of nitrogens with zero attached hydrogens (tertiary/aromatic N) is 3. The van der Waals surface area contributed by atoms with Crippen LogP contribution >= 0.6 is 0 Å². The first kappa shape index (κ1) is 17.0. The van der Waals surface area contributed by atoms with Crippen molar-refractivity contribution < 1.29 is 4.74 Å². The molecule has 5 nitrogen and oxygen atoms in total. The molecule has 26 heavy (non-hydrogen) atoms. The van der Waals surface area contributed by atoms with Crippen LogP contribution in [-0.2, 0) is 11.3 Å². The van der Waals surface area contributed by atoms with Crippen LogP contribution in [0.15, 0.2) is 36.8 Å². The predicted octanol–water partition coefficient (Wildman–Crippen LogP) is 4.64. The molecule has 4 rings (SSSR count). The Morgan fingerprint density at radius 3 is 2.73 bits per heavy atom. The molecule has 0 atom stereocenters. The average Bonchev–Trinajstić information content (AvgIpc) is 2.99. The van der Waals surface area contributed by atoms with Crippen LogP contribution < -0.4 is 5.32 Å². The Hall–Kier alpha value is -2.40. The maximum absolute atomic E-state index is 5.28. The normalized spacial score (nSPS) is 14.8. The van der Waals surface area contributed by atoms with Gasteiger partial charge in [-0.25, -0.2) is 4.98 Å². The summed E-state index contributed by atoms with van der Waals surface area (Å²) in [4.78, 5) is 9.19. The summed E-state index contributed by atoms with van der Waals surface area (Å²) >= 11 is 0.